The minimum Gasteiger partial charge on any atom is -0.459 e. The molecule has 0 unspecified atom stereocenters. The molecule has 3 amide bonds. The summed E-state index contributed by atoms with van der Waals surface area (Å²) in [5.74, 6) is -1.73. The van der Waals surface area contributed by atoms with Crippen molar-refractivity contribution in [1.82, 2.24) is 0 Å². The lowest BCUT2D eigenvalue weighted by Crippen LogP contribution is -2.37. The molecular formula is C20H13ClN2O4. The van der Waals surface area contributed by atoms with E-state index in [0.717, 1.165) is 4.90 Å². The van der Waals surface area contributed by atoms with Gasteiger partial charge in [0.25, 0.3) is 0 Å². The number of halogens is 1. The first-order valence-electron chi connectivity index (χ1n) is 8.14. The molecule has 0 spiro atoms. The second-order valence-corrected chi connectivity index (χ2v) is 6.32. The van der Waals surface area contributed by atoms with Gasteiger partial charge in [0, 0.05) is 10.7 Å². The number of hydrogen-bond donors (Lipinski definition) is 0. The molecule has 27 heavy (non-hydrogen) atoms. The van der Waals surface area contributed by atoms with Crippen LogP contribution in [0.5, 0.6) is 0 Å². The van der Waals surface area contributed by atoms with Crippen molar-refractivity contribution in [2.75, 3.05) is 9.80 Å². The summed E-state index contributed by atoms with van der Waals surface area (Å²) < 4.78 is 5.15. The van der Waals surface area contributed by atoms with Gasteiger partial charge >= 0.3 is 5.91 Å². The normalized spacial score (nSPS) is 14.1. The van der Waals surface area contributed by atoms with Crippen LogP contribution >= 0.6 is 11.6 Å². The average molecular weight is 381 g/mol. The van der Waals surface area contributed by atoms with E-state index in [1.165, 1.54) is 17.2 Å². The molecule has 0 fully saturated rings. The van der Waals surface area contributed by atoms with E-state index in [9.17, 15) is 14.4 Å². The fourth-order valence-corrected chi connectivity index (χ4v) is 3.18. The number of nitrogens with zero attached hydrogens (tertiary/aromatic N) is 2. The number of furan rings is 1. The molecule has 0 bridgehead atoms. The Balaban J connectivity index is 1.92. The molecule has 0 aliphatic carbocycles. The first kappa shape index (κ1) is 17.1. The summed E-state index contributed by atoms with van der Waals surface area (Å²) in [7, 11) is 0. The lowest BCUT2D eigenvalue weighted by Gasteiger charge is -2.24. The molecule has 134 valence electrons. The summed E-state index contributed by atoms with van der Waals surface area (Å²) in [6.45, 7) is 0. The fraction of sp³-hybridized carbons (Fsp3) is 0.0500. The van der Waals surface area contributed by atoms with Crippen LogP contribution in [0.2, 0.25) is 5.02 Å². The van der Waals surface area contributed by atoms with Crippen LogP contribution in [-0.4, -0.2) is 17.7 Å². The molecule has 4 rings (SSSR count). The summed E-state index contributed by atoms with van der Waals surface area (Å²) in [5, 5.41) is 0.377. The van der Waals surface area contributed by atoms with Gasteiger partial charge in [0.05, 0.1) is 17.6 Å². The molecule has 0 saturated heterocycles. The van der Waals surface area contributed by atoms with Crippen molar-refractivity contribution in [3.05, 3.63) is 77.7 Å². The van der Waals surface area contributed by atoms with E-state index >= 15 is 0 Å². The van der Waals surface area contributed by atoms with Gasteiger partial charge in [-0.15, -0.1) is 0 Å². The topological polar surface area (TPSA) is 70.8 Å². The van der Waals surface area contributed by atoms with Crippen LogP contribution in [0, 0.1) is 0 Å². The van der Waals surface area contributed by atoms with E-state index in [1.54, 1.807) is 48.5 Å². The highest BCUT2D eigenvalue weighted by molar-refractivity contribution is 6.33. The highest BCUT2D eigenvalue weighted by atomic mass is 35.5. The molecule has 1 aliphatic heterocycles. The number of fused-ring (bicyclic) bond motifs is 1. The van der Waals surface area contributed by atoms with Crippen LogP contribution < -0.4 is 9.80 Å². The summed E-state index contributed by atoms with van der Waals surface area (Å²) in [6, 6.07) is 16.6. The van der Waals surface area contributed by atoms with Crippen molar-refractivity contribution in [3.63, 3.8) is 0 Å². The average Bonchev–Trinajstić information content (AvgIpc) is 3.16. The van der Waals surface area contributed by atoms with Gasteiger partial charge < -0.3 is 4.42 Å². The quantitative estimate of drug-likeness (QED) is 0.494. The van der Waals surface area contributed by atoms with Gasteiger partial charge in [-0.2, -0.15) is 0 Å². The molecule has 1 aliphatic rings. The minimum atomic E-state index is -0.642. The molecule has 7 heteroatoms. The number of amides is 3. The molecule has 0 saturated carbocycles. The predicted octanol–water partition coefficient (Wildman–Crippen LogP) is 4.17. The summed E-state index contributed by atoms with van der Waals surface area (Å²) >= 11 is 6.15. The van der Waals surface area contributed by atoms with Crippen molar-refractivity contribution in [2.45, 2.75) is 6.42 Å². The van der Waals surface area contributed by atoms with Gasteiger partial charge in [0.15, 0.2) is 5.76 Å². The first-order valence-corrected chi connectivity index (χ1v) is 8.52. The van der Waals surface area contributed by atoms with Crippen LogP contribution in [0.4, 0.5) is 17.1 Å². The lowest BCUT2D eigenvalue weighted by molar-refractivity contribution is -0.125. The molecule has 0 radical (unpaired) electrons. The lowest BCUT2D eigenvalue weighted by atomic mass is 10.2. The largest absolute Gasteiger partial charge is 0.459 e. The van der Waals surface area contributed by atoms with Crippen molar-refractivity contribution in [2.24, 2.45) is 0 Å². The number of carbonyl (C=O) groups is 3. The van der Waals surface area contributed by atoms with Gasteiger partial charge in [-0.1, -0.05) is 29.8 Å². The van der Waals surface area contributed by atoms with Crippen molar-refractivity contribution in [1.29, 1.82) is 0 Å². The Kier molecular flexibility index (Phi) is 4.25. The monoisotopic (exact) mass is 380 g/mol. The Morgan fingerprint density at radius 3 is 2.41 bits per heavy atom. The Morgan fingerprint density at radius 1 is 0.926 bits per heavy atom. The molecule has 1 aromatic heterocycles. The summed E-state index contributed by atoms with van der Waals surface area (Å²) in [4.78, 5) is 40.9. The molecule has 3 aromatic rings. The van der Waals surface area contributed by atoms with E-state index in [4.69, 9.17) is 16.0 Å². The second kappa shape index (κ2) is 6.74. The van der Waals surface area contributed by atoms with Crippen molar-refractivity contribution < 1.29 is 18.8 Å². The molecule has 2 heterocycles. The molecule has 0 atom stereocenters. The molecule has 0 N–H and O–H groups in total. The van der Waals surface area contributed by atoms with E-state index in [-0.39, 0.29) is 11.4 Å². The highest BCUT2D eigenvalue weighted by Crippen LogP contribution is 2.40. The Hall–Kier alpha value is -3.38. The Bertz CT molecular complexity index is 1030. The number of hydrogen-bond acceptors (Lipinski definition) is 4. The number of imide groups is 1. The number of para-hydroxylation sites is 1. The zero-order valence-corrected chi connectivity index (χ0v) is 14.7. The SMILES string of the molecule is O=C1CC(=O)N(c2ccccc2)c2cc(Cl)ccc2N1C(=O)c1ccco1. The number of anilines is 3. The zero-order chi connectivity index (χ0) is 19.0. The first-order chi connectivity index (χ1) is 13.1. The summed E-state index contributed by atoms with van der Waals surface area (Å²) in [6.07, 6.45) is 0.882. The van der Waals surface area contributed by atoms with Crippen molar-refractivity contribution in [3.8, 4) is 0 Å². The van der Waals surface area contributed by atoms with E-state index < -0.39 is 24.1 Å². The number of benzene rings is 2. The third-order valence-corrected chi connectivity index (χ3v) is 4.41. The maximum Gasteiger partial charge on any atom is 0.300 e. The zero-order valence-electron chi connectivity index (χ0n) is 14.0. The fourth-order valence-electron chi connectivity index (χ4n) is 3.01. The Morgan fingerprint density at radius 2 is 1.70 bits per heavy atom. The number of carbonyl (C=O) groups excluding carboxylic acids is 3. The molecular weight excluding hydrogens is 368 g/mol. The van der Waals surface area contributed by atoms with Crippen LogP contribution in [0.25, 0.3) is 0 Å². The molecule has 6 nitrogen and oxygen atoms in total. The third-order valence-electron chi connectivity index (χ3n) is 4.17. The molecule has 2 aromatic carbocycles. The van der Waals surface area contributed by atoms with Gasteiger partial charge in [-0.25, -0.2) is 4.90 Å². The smallest absolute Gasteiger partial charge is 0.300 e. The van der Waals surface area contributed by atoms with E-state index in [2.05, 4.69) is 0 Å². The standard InChI is InChI=1S/C20H13ClN2O4/c21-13-8-9-15-16(11-13)22(14-5-2-1-3-6-14)18(24)12-19(25)23(15)20(26)17-7-4-10-27-17/h1-11H,12H2. The van der Waals surface area contributed by atoms with E-state index in [0.29, 0.717) is 16.4 Å². The van der Waals surface area contributed by atoms with Crippen LogP contribution in [-0.2, 0) is 9.59 Å². The van der Waals surface area contributed by atoms with Gasteiger partial charge in [-0.3, -0.25) is 19.3 Å². The minimum absolute atomic E-state index is 0.00450. The van der Waals surface area contributed by atoms with E-state index in [1.807, 2.05) is 6.07 Å². The van der Waals surface area contributed by atoms with Crippen LogP contribution in [0.1, 0.15) is 17.0 Å². The van der Waals surface area contributed by atoms with Gasteiger partial charge in [0.1, 0.15) is 6.42 Å². The van der Waals surface area contributed by atoms with Gasteiger partial charge in [-0.05, 0) is 42.5 Å². The Labute approximate surface area is 159 Å². The van der Waals surface area contributed by atoms with Crippen LogP contribution in [0.3, 0.4) is 0 Å². The summed E-state index contributed by atoms with van der Waals surface area (Å²) in [5.41, 5.74) is 1.19. The maximum absolute atomic E-state index is 12.9. The second-order valence-electron chi connectivity index (χ2n) is 5.89. The number of rotatable bonds is 2. The van der Waals surface area contributed by atoms with Crippen LogP contribution in [0.15, 0.2) is 71.3 Å². The van der Waals surface area contributed by atoms with Gasteiger partial charge in [0.2, 0.25) is 11.8 Å². The predicted molar refractivity (Wildman–Crippen MR) is 100 cm³/mol. The third kappa shape index (κ3) is 3.00. The highest BCUT2D eigenvalue weighted by Gasteiger charge is 2.37. The maximum atomic E-state index is 12.9. The van der Waals surface area contributed by atoms with Crippen molar-refractivity contribution >= 4 is 46.4 Å².